The van der Waals surface area contributed by atoms with E-state index in [1.807, 2.05) is 62.6 Å². The van der Waals surface area contributed by atoms with Gasteiger partial charge in [-0.2, -0.15) is 0 Å². The highest BCUT2D eigenvalue weighted by atomic mass is 16.6. The van der Waals surface area contributed by atoms with Gasteiger partial charge in [-0.1, -0.05) is 18.2 Å². The van der Waals surface area contributed by atoms with E-state index < -0.39 is 5.60 Å². The number of carbonyl (C=O) groups excluding carboxylic acids is 1. The van der Waals surface area contributed by atoms with E-state index in [4.69, 9.17) is 9.73 Å². The fourth-order valence-corrected chi connectivity index (χ4v) is 3.29. The smallest absolute Gasteiger partial charge is 0.407 e. The van der Waals surface area contributed by atoms with Crippen molar-refractivity contribution in [3.8, 4) is 5.69 Å². The third-order valence-corrected chi connectivity index (χ3v) is 4.57. The molecular weight excluding hydrogens is 382 g/mol. The SMILES string of the molecule is CCNC(=NCc1nncn1-c1ccccc1)N1CCC(NC(=O)OC(C)(C)C)C1. The zero-order valence-corrected chi connectivity index (χ0v) is 18.1. The van der Waals surface area contributed by atoms with Gasteiger partial charge in [0.1, 0.15) is 18.5 Å². The molecule has 1 atom stereocenters. The number of carbonyl (C=O) groups is 1. The zero-order chi connectivity index (χ0) is 21.6. The second kappa shape index (κ2) is 9.60. The van der Waals surface area contributed by atoms with Gasteiger partial charge in [0.05, 0.1) is 6.04 Å². The zero-order valence-electron chi connectivity index (χ0n) is 18.1. The molecular formula is C21H31N7O2. The molecule has 9 heteroatoms. The molecule has 0 saturated carbocycles. The first-order chi connectivity index (χ1) is 14.4. The van der Waals surface area contributed by atoms with Crippen molar-refractivity contribution in [2.24, 2.45) is 4.99 Å². The van der Waals surface area contributed by atoms with Gasteiger partial charge in [-0.3, -0.25) is 4.57 Å². The number of likely N-dealkylation sites (tertiary alicyclic amines) is 1. The predicted octanol–water partition coefficient (Wildman–Crippen LogP) is 2.33. The maximum Gasteiger partial charge on any atom is 0.407 e. The maximum absolute atomic E-state index is 12.1. The van der Waals surface area contributed by atoms with Gasteiger partial charge in [0.25, 0.3) is 0 Å². The molecule has 1 aromatic heterocycles. The highest BCUT2D eigenvalue weighted by Crippen LogP contribution is 2.13. The van der Waals surface area contributed by atoms with Crippen molar-refractivity contribution < 1.29 is 9.53 Å². The Kier molecular flexibility index (Phi) is 6.91. The minimum Gasteiger partial charge on any atom is -0.444 e. The summed E-state index contributed by atoms with van der Waals surface area (Å²) in [6.45, 7) is 10.2. The van der Waals surface area contributed by atoms with Crippen LogP contribution >= 0.6 is 0 Å². The summed E-state index contributed by atoms with van der Waals surface area (Å²) in [5.41, 5.74) is 0.494. The molecule has 1 fully saturated rings. The number of alkyl carbamates (subject to hydrolysis) is 1. The van der Waals surface area contributed by atoms with Gasteiger partial charge in [-0.15, -0.1) is 10.2 Å². The largest absolute Gasteiger partial charge is 0.444 e. The van der Waals surface area contributed by atoms with Crippen molar-refractivity contribution in [1.82, 2.24) is 30.3 Å². The first-order valence-corrected chi connectivity index (χ1v) is 10.3. The van der Waals surface area contributed by atoms with Crippen LogP contribution in [0.2, 0.25) is 0 Å². The van der Waals surface area contributed by atoms with E-state index in [9.17, 15) is 4.79 Å². The Morgan fingerprint density at radius 2 is 2.07 bits per heavy atom. The summed E-state index contributed by atoms with van der Waals surface area (Å²) in [6.07, 6.45) is 2.15. The van der Waals surface area contributed by atoms with Crippen LogP contribution in [0.25, 0.3) is 5.69 Å². The number of hydrogen-bond acceptors (Lipinski definition) is 5. The van der Waals surface area contributed by atoms with Crippen LogP contribution in [0.1, 0.15) is 39.9 Å². The molecule has 0 bridgehead atoms. The molecule has 1 aliphatic heterocycles. The van der Waals surface area contributed by atoms with Crippen LogP contribution in [0, 0.1) is 0 Å². The molecule has 1 saturated heterocycles. The van der Waals surface area contributed by atoms with E-state index >= 15 is 0 Å². The van der Waals surface area contributed by atoms with Crippen molar-refractivity contribution >= 4 is 12.1 Å². The average molecular weight is 414 g/mol. The molecule has 1 unspecified atom stereocenters. The van der Waals surface area contributed by atoms with Gasteiger partial charge >= 0.3 is 6.09 Å². The molecule has 1 aliphatic rings. The van der Waals surface area contributed by atoms with E-state index in [2.05, 4.69) is 25.7 Å². The van der Waals surface area contributed by atoms with Crippen LogP contribution in [0.4, 0.5) is 4.79 Å². The van der Waals surface area contributed by atoms with Gasteiger partial charge < -0.3 is 20.3 Å². The lowest BCUT2D eigenvalue weighted by molar-refractivity contribution is 0.0507. The normalized spacial score (nSPS) is 17.1. The standard InChI is InChI=1S/C21H31N7O2/c1-5-22-19(27-12-11-16(14-27)25-20(29)30-21(2,3)4)23-13-18-26-24-15-28(18)17-9-7-6-8-10-17/h6-10,15-16H,5,11-14H2,1-4H3,(H,22,23)(H,25,29). The number of nitrogens with zero attached hydrogens (tertiary/aromatic N) is 5. The van der Waals surface area contributed by atoms with E-state index in [0.717, 1.165) is 37.0 Å². The van der Waals surface area contributed by atoms with Gasteiger partial charge in [0.15, 0.2) is 11.8 Å². The second-order valence-corrected chi connectivity index (χ2v) is 8.20. The van der Waals surface area contributed by atoms with E-state index in [0.29, 0.717) is 13.1 Å². The topological polar surface area (TPSA) is 96.7 Å². The molecule has 2 aromatic rings. The highest BCUT2D eigenvalue weighted by Gasteiger charge is 2.28. The Hall–Kier alpha value is -3.10. The summed E-state index contributed by atoms with van der Waals surface area (Å²) in [7, 11) is 0. The molecule has 0 aliphatic carbocycles. The number of guanidine groups is 1. The first kappa shape index (κ1) is 21.6. The lowest BCUT2D eigenvalue weighted by Crippen LogP contribution is -2.44. The number of amides is 1. The van der Waals surface area contributed by atoms with Crippen LogP contribution in [-0.2, 0) is 11.3 Å². The van der Waals surface area contributed by atoms with Crippen molar-refractivity contribution in [3.05, 3.63) is 42.5 Å². The van der Waals surface area contributed by atoms with Crippen LogP contribution < -0.4 is 10.6 Å². The minimum atomic E-state index is -0.506. The average Bonchev–Trinajstić information content (AvgIpc) is 3.34. The fraction of sp³-hybridized carbons (Fsp3) is 0.524. The maximum atomic E-state index is 12.1. The third kappa shape index (κ3) is 5.95. The van der Waals surface area contributed by atoms with E-state index in [1.165, 1.54) is 0 Å². The minimum absolute atomic E-state index is 0.0247. The quantitative estimate of drug-likeness (QED) is 0.577. The number of hydrogen-bond donors (Lipinski definition) is 2. The van der Waals surface area contributed by atoms with Crippen LogP contribution in [0.15, 0.2) is 41.7 Å². The molecule has 9 nitrogen and oxygen atoms in total. The number of para-hydroxylation sites is 1. The molecule has 3 rings (SSSR count). The highest BCUT2D eigenvalue weighted by molar-refractivity contribution is 5.80. The number of aliphatic imine (C=N–C) groups is 1. The van der Waals surface area contributed by atoms with Gasteiger partial charge in [0.2, 0.25) is 0 Å². The van der Waals surface area contributed by atoms with E-state index in [-0.39, 0.29) is 12.1 Å². The van der Waals surface area contributed by atoms with Gasteiger partial charge in [-0.25, -0.2) is 9.79 Å². The van der Waals surface area contributed by atoms with Gasteiger partial charge in [-0.05, 0) is 46.2 Å². The number of nitrogens with one attached hydrogen (secondary N) is 2. The number of ether oxygens (including phenoxy) is 1. The Morgan fingerprint density at radius 3 is 2.77 bits per heavy atom. The summed E-state index contributed by atoms with van der Waals surface area (Å²) < 4.78 is 7.30. The van der Waals surface area contributed by atoms with Crippen LogP contribution in [0.5, 0.6) is 0 Å². The van der Waals surface area contributed by atoms with E-state index in [1.54, 1.807) is 6.33 Å². The van der Waals surface area contributed by atoms with Crippen LogP contribution in [-0.4, -0.2) is 63.0 Å². The number of benzene rings is 1. The lowest BCUT2D eigenvalue weighted by atomic mass is 10.2. The predicted molar refractivity (Wildman–Crippen MR) is 116 cm³/mol. The van der Waals surface area contributed by atoms with Crippen LogP contribution in [0.3, 0.4) is 0 Å². The molecule has 0 radical (unpaired) electrons. The molecule has 2 heterocycles. The van der Waals surface area contributed by atoms with Gasteiger partial charge in [0, 0.05) is 25.3 Å². The summed E-state index contributed by atoms with van der Waals surface area (Å²) in [4.78, 5) is 19.0. The Balaban J connectivity index is 1.64. The molecule has 162 valence electrons. The molecule has 0 spiro atoms. The lowest BCUT2D eigenvalue weighted by Gasteiger charge is -2.23. The third-order valence-electron chi connectivity index (χ3n) is 4.57. The molecule has 1 amide bonds. The summed E-state index contributed by atoms with van der Waals surface area (Å²) in [5.74, 6) is 1.56. The fourth-order valence-electron chi connectivity index (χ4n) is 3.29. The number of aromatic nitrogens is 3. The summed E-state index contributed by atoms with van der Waals surface area (Å²) in [6, 6.07) is 9.98. The first-order valence-electron chi connectivity index (χ1n) is 10.3. The molecule has 2 N–H and O–H groups in total. The van der Waals surface area contributed by atoms with Crippen molar-refractivity contribution in [3.63, 3.8) is 0 Å². The Bertz CT molecular complexity index is 858. The Morgan fingerprint density at radius 1 is 1.30 bits per heavy atom. The van der Waals surface area contributed by atoms with Crippen molar-refractivity contribution in [1.29, 1.82) is 0 Å². The van der Waals surface area contributed by atoms with Crippen molar-refractivity contribution in [2.75, 3.05) is 19.6 Å². The van der Waals surface area contributed by atoms with Crippen molar-refractivity contribution in [2.45, 2.75) is 52.3 Å². The molecule has 1 aromatic carbocycles. The second-order valence-electron chi connectivity index (χ2n) is 8.20. The summed E-state index contributed by atoms with van der Waals surface area (Å²) in [5, 5.41) is 14.6. The molecule has 30 heavy (non-hydrogen) atoms. The monoisotopic (exact) mass is 413 g/mol. The summed E-state index contributed by atoms with van der Waals surface area (Å²) >= 11 is 0. The number of rotatable bonds is 5. The Labute approximate surface area is 177 Å².